The van der Waals surface area contributed by atoms with Crippen molar-refractivity contribution < 1.29 is 14.3 Å². The molecule has 0 aliphatic carbocycles. The lowest BCUT2D eigenvalue weighted by Gasteiger charge is -2.11. The van der Waals surface area contributed by atoms with Crippen LogP contribution in [-0.4, -0.2) is 25.2 Å². The molecule has 0 aliphatic rings. The molecule has 31 heavy (non-hydrogen) atoms. The summed E-state index contributed by atoms with van der Waals surface area (Å²) in [6.45, 7) is 5.47. The Kier molecular flexibility index (Phi) is 8.49. The molecule has 3 aromatic rings. The predicted octanol–water partition coefficient (Wildman–Crippen LogP) is 4.82. The molecule has 0 heterocycles. The first-order chi connectivity index (χ1) is 15.1. The normalized spacial score (nSPS) is 10.7. The zero-order valence-electron chi connectivity index (χ0n) is 18.1. The number of carbonyl (C=O) groups is 1. The van der Waals surface area contributed by atoms with Crippen LogP contribution in [0.3, 0.4) is 0 Å². The van der Waals surface area contributed by atoms with Crippen molar-refractivity contribution in [3.63, 3.8) is 0 Å². The highest BCUT2D eigenvalue weighted by Gasteiger charge is 2.04. The van der Waals surface area contributed by atoms with Gasteiger partial charge in [0.05, 0.1) is 19.3 Å². The summed E-state index contributed by atoms with van der Waals surface area (Å²) in [5, 5.41) is 6.05. The first-order valence-corrected chi connectivity index (χ1v) is 10.6. The number of rotatable bonds is 11. The van der Waals surface area contributed by atoms with Gasteiger partial charge in [-0.15, -0.1) is 0 Å². The van der Waals surface area contributed by atoms with Gasteiger partial charge in [0.15, 0.2) is 0 Å². The van der Waals surface area contributed by atoms with Crippen LogP contribution in [0, 0.1) is 0 Å². The molecule has 0 aliphatic heterocycles. The molecule has 162 valence electrons. The number of ether oxygens (including phenoxy) is 2. The highest BCUT2D eigenvalue weighted by Crippen LogP contribution is 2.16. The highest BCUT2D eigenvalue weighted by molar-refractivity contribution is 5.92. The number of anilines is 1. The average Bonchev–Trinajstić information content (AvgIpc) is 2.77. The van der Waals surface area contributed by atoms with Gasteiger partial charge in [0.2, 0.25) is 5.91 Å². The Hall–Kier alpha value is -3.31. The quantitative estimate of drug-likeness (QED) is 0.469. The van der Waals surface area contributed by atoms with Gasteiger partial charge in [-0.3, -0.25) is 4.79 Å². The smallest absolute Gasteiger partial charge is 0.238 e. The van der Waals surface area contributed by atoms with Gasteiger partial charge in [0.1, 0.15) is 11.5 Å². The SMILES string of the molecule is CC(C)Oc1ccc(CNCC(=O)Nc2ccc(OCCc3ccccc3)cc2)cc1. The van der Waals surface area contributed by atoms with Crippen molar-refractivity contribution in [2.45, 2.75) is 32.9 Å². The van der Waals surface area contributed by atoms with Crippen molar-refractivity contribution in [1.29, 1.82) is 0 Å². The van der Waals surface area contributed by atoms with Crippen LogP contribution < -0.4 is 20.1 Å². The van der Waals surface area contributed by atoms with Crippen molar-refractivity contribution in [2.24, 2.45) is 0 Å². The van der Waals surface area contributed by atoms with Gasteiger partial charge >= 0.3 is 0 Å². The van der Waals surface area contributed by atoms with Gasteiger partial charge in [-0.2, -0.15) is 0 Å². The zero-order valence-corrected chi connectivity index (χ0v) is 18.1. The van der Waals surface area contributed by atoms with Gasteiger partial charge < -0.3 is 20.1 Å². The molecule has 3 aromatic carbocycles. The summed E-state index contributed by atoms with van der Waals surface area (Å²) in [5.74, 6) is 1.55. The summed E-state index contributed by atoms with van der Waals surface area (Å²) in [4.78, 5) is 12.2. The summed E-state index contributed by atoms with van der Waals surface area (Å²) in [6.07, 6.45) is 1.01. The molecule has 0 bridgehead atoms. The van der Waals surface area contributed by atoms with Gasteiger partial charge in [0.25, 0.3) is 0 Å². The number of nitrogens with one attached hydrogen (secondary N) is 2. The maximum atomic E-state index is 12.2. The van der Waals surface area contributed by atoms with E-state index in [4.69, 9.17) is 9.47 Å². The molecule has 0 saturated heterocycles. The lowest BCUT2D eigenvalue weighted by atomic mass is 10.2. The molecule has 0 aromatic heterocycles. The fourth-order valence-electron chi connectivity index (χ4n) is 3.05. The van der Waals surface area contributed by atoms with E-state index in [1.54, 1.807) is 0 Å². The third-order valence-corrected chi connectivity index (χ3v) is 4.55. The van der Waals surface area contributed by atoms with E-state index in [9.17, 15) is 4.79 Å². The number of hydrogen-bond acceptors (Lipinski definition) is 4. The fraction of sp³-hybridized carbons (Fsp3) is 0.269. The van der Waals surface area contributed by atoms with E-state index in [1.807, 2.05) is 80.6 Å². The third-order valence-electron chi connectivity index (χ3n) is 4.55. The van der Waals surface area contributed by atoms with Crippen LogP contribution in [0.5, 0.6) is 11.5 Å². The number of carbonyl (C=O) groups excluding carboxylic acids is 1. The standard InChI is InChI=1S/C26H30N2O3/c1-20(2)31-25-12-8-22(9-13-25)18-27-19-26(29)28-23-10-14-24(15-11-23)30-17-16-21-6-4-3-5-7-21/h3-15,20,27H,16-19H2,1-2H3,(H,28,29). The second-order valence-electron chi connectivity index (χ2n) is 7.57. The lowest BCUT2D eigenvalue weighted by Crippen LogP contribution is -2.27. The molecular formula is C26H30N2O3. The zero-order chi connectivity index (χ0) is 21.9. The molecule has 5 nitrogen and oxygen atoms in total. The van der Waals surface area contributed by atoms with Crippen LogP contribution in [-0.2, 0) is 17.8 Å². The van der Waals surface area contributed by atoms with E-state index in [0.717, 1.165) is 29.2 Å². The summed E-state index contributed by atoms with van der Waals surface area (Å²) in [6, 6.07) is 25.6. The predicted molar refractivity (Wildman–Crippen MR) is 125 cm³/mol. The van der Waals surface area contributed by atoms with Gasteiger partial charge in [-0.05, 0) is 61.4 Å². The van der Waals surface area contributed by atoms with Crippen molar-refractivity contribution >= 4 is 11.6 Å². The lowest BCUT2D eigenvalue weighted by molar-refractivity contribution is -0.115. The van der Waals surface area contributed by atoms with Crippen LogP contribution in [0.4, 0.5) is 5.69 Å². The average molecular weight is 419 g/mol. The highest BCUT2D eigenvalue weighted by atomic mass is 16.5. The minimum Gasteiger partial charge on any atom is -0.493 e. The Morgan fingerprint density at radius 2 is 1.52 bits per heavy atom. The van der Waals surface area contributed by atoms with E-state index in [-0.39, 0.29) is 18.6 Å². The van der Waals surface area contributed by atoms with E-state index < -0.39 is 0 Å². The number of amides is 1. The van der Waals surface area contributed by atoms with E-state index in [1.165, 1.54) is 5.56 Å². The Bertz CT molecular complexity index is 923. The molecule has 0 atom stereocenters. The molecule has 0 spiro atoms. The monoisotopic (exact) mass is 418 g/mol. The summed E-state index contributed by atoms with van der Waals surface area (Å²) >= 11 is 0. The van der Waals surface area contributed by atoms with Crippen molar-refractivity contribution in [3.8, 4) is 11.5 Å². The topological polar surface area (TPSA) is 59.6 Å². The summed E-state index contributed by atoms with van der Waals surface area (Å²) in [5.41, 5.74) is 3.09. The van der Waals surface area contributed by atoms with Crippen LogP contribution in [0.1, 0.15) is 25.0 Å². The molecule has 2 N–H and O–H groups in total. The minimum absolute atomic E-state index is 0.0856. The van der Waals surface area contributed by atoms with Crippen LogP contribution >= 0.6 is 0 Å². The second-order valence-corrected chi connectivity index (χ2v) is 7.57. The first-order valence-electron chi connectivity index (χ1n) is 10.6. The maximum absolute atomic E-state index is 12.2. The van der Waals surface area contributed by atoms with E-state index >= 15 is 0 Å². The molecule has 1 amide bonds. The van der Waals surface area contributed by atoms with Crippen molar-refractivity contribution in [2.75, 3.05) is 18.5 Å². The van der Waals surface area contributed by atoms with E-state index in [2.05, 4.69) is 22.8 Å². The van der Waals surface area contributed by atoms with Crippen molar-refractivity contribution in [1.82, 2.24) is 5.32 Å². The maximum Gasteiger partial charge on any atom is 0.238 e. The number of hydrogen-bond donors (Lipinski definition) is 2. The summed E-state index contributed by atoms with van der Waals surface area (Å²) < 4.78 is 11.4. The molecule has 0 unspecified atom stereocenters. The summed E-state index contributed by atoms with van der Waals surface area (Å²) in [7, 11) is 0. The molecule has 0 saturated carbocycles. The van der Waals surface area contributed by atoms with Crippen LogP contribution in [0.2, 0.25) is 0 Å². The third kappa shape index (κ3) is 8.15. The number of benzene rings is 3. The van der Waals surface area contributed by atoms with Gasteiger partial charge in [-0.1, -0.05) is 42.5 Å². The molecule has 0 radical (unpaired) electrons. The Labute approximate surface area is 184 Å². The van der Waals surface area contributed by atoms with Crippen LogP contribution in [0.15, 0.2) is 78.9 Å². The second kappa shape index (κ2) is 11.8. The molecule has 5 heteroatoms. The largest absolute Gasteiger partial charge is 0.493 e. The first kappa shape index (κ1) is 22.4. The molecule has 3 rings (SSSR count). The van der Waals surface area contributed by atoms with Crippen LogP contribution in [0.25, 0.3) is 0 Å². The van der Waals surface area contributed by atoms with Gasteiger partial charge in [-0.25, -0.2) is 0 Å². The van der Waals surface area contributed by atoms with E-state index in [0.29, 0.717) is 13.2 Å². The van der Waals surface area contributed by atoms with Crippen molar-refractivity contribution in [3.05, 3.63) is 90.0 Å². The Balaban J connectivity index is 1.35. The fourth-order valence-corrected chi connectivity index (χ4v) is 3.05. The molecular weight excluding hydrogens is 388 g/mol. The Morgan fingerprint density at radius 3 is 2.19 bits per heavy atom. The van der Waals surface area contributed by atoms with Gasteiger partial charge in [0, 0.05) is 18.7 Å². The Morgan fingerprint density at radius 1 is 0.839 bits per heavy atom. The molecule has 0 fully saturated rings. The minimum atomic E-state index is -0.0856.